The molecule has 0 spiro atoms. The van der Waals surface area contributed by atoms with Crippen LogP contribution in [-0.4, -0.2) is 28.3 Å². The summed E-state index contributed by atoms with van der Waals surface area (Å²) in [6.45, 7) is 10.9. The Balaban J connectivity index is 1.83. The van der Waals surface area contributed by atoms with Crippen molar-refractivity contribution in [3.8, 4) is 0 Å². The van der Waals surface area contributed by atoms with E-state index in [1.807, 2.05) is 6.07 Å². The second-order valence-electron chi connectivity index (χ2n) is 7.76. The Morgan fingerprint density at radius 1 is 1.21 bits per heavy atom. The number of aromatic nitrogens is 3. The van der Waals surface area contributed by atoms with Gasteiger partial charge >= 0.3 is 0 Å². The molecule has 1 aromatic heterocycles. The van der Waals surface area contributed by atoms with Gasteiger partial charge in [0.2, 0.25) is 5.95 Å². The first-order valence-electron chi connectivity index (χ1n) is 8.74. The number of rotatable bonds is 3. The Morgan fingerprint density at radius 2 is 2.00 bits per heavy atom. The van der Waals surface area contributed by atoms with Gasteiger partial charge < -0.3 is 10.2 Å². The van der Waals surface area contributed by atoms with E-state index in [1.54, 1.807) is 6.20 Å². The molecule has 0 aliphatic carbocycles. The summed E-state index contributed by atoms with van der Waals surface area (Å²) < 4.78 is 0. The summed E-state index contributed by atoms with van der Waals surface area (Å²) in [5, 5.41) is 11.8. The number of nitrogens with zero attached hydrogens (tertiary/aromatic N) is 4. The van der Waals surface area contributed by atoms with Crippen molar-refractivity contribution < 1.29 is 0 Å². The van der Waals surface area contributed by atoms with Gasteiger partial charge in [0.1, 0.15) is 0 Å². The molecule has 3 rings (SSSR count). The normalized spacial score (nSPS) is 18.5. The standard InChI is InChI=1S/C19H27N5/c1-14-8-7-11-24(13-14)18-22-17(12-20-23-18)21-16-10-6-5-9-15(16)19(2,3)4/h5-6,9-10,12,14H,7-8,11,13H2,1-4H3,(H,21,22,23). The number of hydrogen-bond acceptors (Lipinski definition) is 5. The molecule has 24 heavy (non-hydrogen) atoms. The number of piperidine rings is 1. The molecular formula is C19H27N5. The quantitative estimate of drug-likeness (QED) is 0.919. The van der Waals surface area contributed by atoms with Gasteiger partial charge in [-0.3, -0.25) is 0 Å². The van der Waals surface area contributed by atoms with Crippen LogP contribution in [0.5, 0.6) is 0 Å². The monoisotopic (exact) mass is 325 g/mol. The topological polar surface area (TPSA) is 53.9 Å². The summed E-state index contributed by atoms with van der Waals surface area (Å²) in [6, 6.07) is 8.36. The van der Waals surface area contributed by atoms with Crippen LogP contribution in [0.15, 0.2) is 30.5 Å². The summed E-state index contributed by atoms with van der Waals surface area (Å²) in [5.74, 6) is 2.15. The van der Waals surface area contributed by atoms with Crippen molar-refractivity contribution in [1.82, 2.24) is 15.2 Å². The van der Waals surface area contributed by atoms with Gasteiger partial charge in [0.15, 0.2) is 5.82 Å². The summed E-state index contributed by atoms with van der Waals surface area (Å²) in [7, 11) is 0. The molecule has 1 fully saturated rings. The van der Waals surface area contributed by atoms with Crippen LogP contribution in [0.2, 0.25) is 0 Å². The summed E-state index contributed by atoms with van der Waals surface area (Å²) >= 11 is 0. The predicted octanol–water partition coefficient (Wildman–Crippen LogP) is 4.15. The molecule has 1 aliphatic heterocycles. The molecular weight excluding hydrogens is 298 g/mol. The lowest BCUT2D eigenvalue weighted by Crippen LogP contribution is -2.35. The number of hydrogen-bond donors (Lipinski definition) is 1. The molecule has 5 nitrogen and oxygen atoms in total. The van der Waals surface area contributed by atoms with E-state index in [0.29, 0.717) is 5.92 Å². The van der Waals surface area contributed by atoms with Gasteiger partial charge in [0, 0.05) is 18.8 Å². The third kappa shape index (κ3) is 3.83. The summed E-state index contributed by atoms with van der Waals surface area (Å²) in [6.07, 6.45) is 4.16. The van der Waals surface area contributed by atoms with Gasteiger partial charge in [-0.05, 0) is 35.8 Å². The molecule has 5 heteroatoms. The van der Waals surface area contributed by atoms with E-state index in [9.17, 15) is 0 Å². The van der Waals surface area contributed by atoms with E-state index in [2.05, 4.69) is 66.3 Å². The highest BCUT2D eigenvalue weighted by Crippen LogP contribution is 2.31. The largest absolute Gasteiger partial charge is 0.339 e. The SMILES string of the molecule is CC1CCCN(c2nncc(Nc3ccccc3C(C)(C)C)n2)C1. The van der Waals surface area contributed by atoms with Gasteiger partial charge in [-0.1, -0.05) is 45.9 Å². The van der Waals surface area contributed by atoms with Crippen molar-refractivity contribution >= 4 is 17.5 Å². The molecule has 1 unspecified atom stereocenters. The van der Waals surface area contributed by atoms with Crippen LogP contribution in [0.4, 0.5) is 17.5 Å². The summed E-state index contributed by atoms with van der Waals surface area (Å²) in [4.78, 5) is 6.93. The zero-order chi connectivity index (χ0) is 17.2. The molecule has 1 aromatic carbocycles. The number of para-hydroxylation sites is 1. The zero-order valence-electron chi connectivity index (χ0n) is 15.1. The second-order valence-corrected chi connectivity index (χ2v) is 7.76. The maximum atomic E-state index is 4.69. The van der Waals surface area contributed by atoms with Crippen molar-refractivity contribution in [3.63, 3.8) is 0 Å². The maximum Gasteiger partial charge on any atom is 0.247 e. The average Bonchev–Trinajstić information content (AvgIpc) is 2.55. The van der Waals surface area contributed by atoms with Gasteiger partial charge in [-0.15, -0.1) is 5.10 Å². The second kappa shape index (κ2) is 6.75. The first-order chi connectivity index (χ1) is 11.4. The van der Waals surface area contributed by atoms with Crippen molar-refractivity contribution in [2.45, 2.75) is 46.0 Å². The smallest absolute Gasteiger partial charge is 0.247 e. The number of benzene rings is 1. The third-order valence-corrected chi connectivity index (χ3v) is 4.49. The van der Waals surface area contributed by atoms with Crippen molar-refractivity contribution in [2.24, 2.45) is 5.92 Å². The molecule has 1 saturated heterocycles. The van der Waals surface area contributed by atoms with Crippen LogP contribution in [0.25, 0.3) is 0 Å². The van der Waals surface area contributed by atoms with Crippen LogP contribution in [-0.2, 0) is 5.41 Å². The van der Waals surface area contributed by atoms with E-state index < -0.39 is 0 Å². The Bertz CT molecular complexity index is 692. The van der Waals surface area contributed by atoms with Crippen LogP contribution >= 0.6 is 0 Å². The van der Waals surface area contributed by atoms with Gasteiger partial charge in [0.25, 0.3) is 0 Å². The van der Waals surface area contributed by atoms with Gasteiger partial charge in [-0.2, -0.15) is 10.1 Å². The molecule has 0 saturated carbocycles. The lowest BCUT2D eigenvalue weighted by Gasteiger charge is -2.30. The van der Waals surface area contributed by atoms with E-state index >= 15 is 0 Å². The lowest BCUT2D eigenvalue weighted by atomic mass is 9.86. The van der Waals surface area contributed by atoms with Crippen LogP contribution in [0.1, 0.15) is 46.1 Å². The van der Waals surface area contributed by atoms with E-state index in [-0.39, 0.29) is 5.41 Å². The van der Waals surface area contributed by atoms with Crippen LogP contribution < -0.4 is 10.2 Å². The van der Waals surface area contributed by atoms with Gasteiger partial charge in [-0.25, -0.2) is 0 Å². The van der Waals surface area contributed by atoms with E-state index in [4.69, 9.17) is 4.98 Å². The fourth-order valence-electron chi connectivity index (χ4n) is 3.24. The van der Waals surface area contributed by atoms with Crippen LogP contribution in [0.3, 0.4) is 0 Å². The minimum atomic E-state index is 0.0647. The first kappa shape index (κ1) is 16.7. The zero-order valence-corrected chi connectivity index (χ0v) is 15.1. The molecule has 0 bridgehead atoms. The molecule has 0 amide bonds. The first-order valence-corrected chi connectivity index (χ1v) is 8.74. The fraction of sp³-hybridized carbons (Fsp3) is 0.526. The highest BCUT2D eigenvalue weighted by atomic mass is 15.3. The fourth-order valence-corrected chi connectivity index (χ4v) is 3.24. The highest BCUT2D eigenvalue weighted by Gasteiger charge is 2.20. The van der Waals surface area contributed by atoms with E-state index in [0.717, 1.165) is 30.5 Å². The minimum absolute atomic E-state index is 0.0647. The van der Waals surface area contributed by atoms with Crippen molar-refractivity contribution in [3.05, 3.63) is 36.0 Å². The predicted molar refractivity (Wildman–Crippen MR) is 98.9 cm³/mol. The van der Waals surface area contributed by atoms with E-state index in [1.165, 1.54) is 18.4 Å². The molecule has 0 radical (unpaired) electrons. The number of nitrogens with one attached hydrogen (secondary N) is 1. The molecule has 1 N–H and O–H groups in total. The minimum Gasteiger partial charge on any atom is -0.339 e. The Hall–Kier alpha value is -2.17. The highest BCUT2D eigenvalue weighted by molar-refractivity contribution is 5.62. The molecule has 2 heterocycles. The van der Waals surface area contributed by atoms with Crippen molar-refractivity contribution in [1.29, 1.82) is 0 Å². The maximum absolute atomic E-state index is 4.69. The Morgan fingerprint density at radius 3 is 2.75 bits per heavy atom. The van der Waals surface area contributed by atoms with Gasteiger partial charge in [0.05, 0.1) is 6.20 Å². The molecule has 2 aromatic rings. The van der Waals surface area contributed by atoms with Crippen molar-refractivity contribution in [2.75, 3.05) is 23.3 Å². The Kier molecular flexibility index (Phi) is 4.69. The van der Waals surface area contributed by atoms with Crippen LogP contribution in [0, 0.1) is 5.92 Å². The Labute approximate surface area is 144 Å². The number of anilines is 3. The average molecular weight is 325 g/mol. The molecule has 1 atom stereocenters. The molecule has 1 aliphatic rings. The third-order valence-electron chi connectivity index (χ3n) is 4.49. The summed E-state index contributed by atoms with van der Waals surface area (Å²) in [5.41, 5.74) is 2.40. The molecule has 128 valence electrons. The lowest BCUT2D eigenvalue weighted by molar-refractivity contribution is 0.441.